The Labute approximate surface area is 203 Å². The van der Waals surface area contributed by atoms with Crippen LogP contribution in [0.3, 0.4) is 0 Å². The minimum Gasteiger partial charge on any atom is -0.462 e. The summed E-state index contributed by atoms with van der Waals surface area (Å²) in [5.74, 6) is -0.830. The lowest BCUT2D eigenvalue weighted by Crippen LogP contribution is -2.41. The zero-order valence-electron chi connectivity index (χ0n) is 18.6. The second-order valence-electron chi connectivity index (χ2n) is 8.11. The van der Waals surface area contributed by atoms with E-state index in [-0.39, 0.29) is 23.5 Å². The Morgan fingerprint density at radius 1 is 1.06 bits per heavy atom. The maximum absolute atomic E-state index is 12.8. The summed E-state index contributed by atoms with van der Waals surface area (Å²) < 4.78 is 33.1. The van der Waals surface area contributed by atoms with Crippen LogP contribution in [-0.4, -0.2) is 44.3 Å². The molecule has 1 saturated heterocycles. The monoisotopic (exact) mass is 536 g/mol. The van der Waals surface area contributed by atoms with Crippen molar-refractivity contribution in [1.82, 2.24) is 4.31 Å². The molecule has 0 aromatic heterocycles. The number of nitrogens with zero attached hydrogens (tertiary/aromatic N) is 1. The van der Waals surface area contributed by atoms with Gasteiger partial charge >= 0.3 is 5.97 Å². The molecule has 1 N–H and O–H groups in total. The lowest BCUT2D eigenvalue weighted by Gasteiger charge is -2.30. The van der Waals surface area contributed by atoms with Gasteiger partial charge in [0.15, 0.2) is 0 Å². The van der Waals surface area contributed by atoms with Crippen LogP contribution < -0.4 is 5.32 Å². The van der Waals surface area contributed by atoms with Crippen LogP contribution in [0.4, 0.5) is 5.69 Å². The lowest BCUT2D eigenvalue weighted by atomic mass is 9.97. The summed E-state index contributed by atoms with van der Waals surface area (Å²) in [6, 6.07) is 13.8. The summed E-state index contributed by atoms with van der Waals surface area (Å²) in [5.41, 5.74) is 1.76. The van der Waals surface area contributed by atoms with Crippen LogP contribution in [0.1, 0.15) is 48.5 Å². The molecule has 0 saturated carbocycles. The van der Waals surface area contributed by atoms with Gasteiger partial charge < -0.3 is 10.1 Å². The molecule has 2 aromatic rings. The van der Waals surface area contributed by atoms with Crippen molar-refractivity contribution < 1.29 is 22.7 Å². The predicted octanol–water partition coefficient (Wildman–Crippen LogP) is 4.59. The normalized spacial score (nSPS) is 15.2. The van der Waals surface area contributed by atoms with Gasteiger partial charge in [-0.2, -0.15) is 0 Å². The molecule has 0 aliphatic carbocycles. The van der Waals surface area contributed by atoms with Crippen LogP contribution in [-0.2, 0) is 25.3 Å². The number of esters is 1. The number of hydrogen-bond acceptors (Lipinski definition) is 5. The molecule has 1 heterocycles. The molecule has 33 heavy (non-hydrogen) atoms. The highest BCUT2D eigenvalue weighted by Gasteiger charge is 2.31. The maximum Gasteiger partial charge on any atom is 0.338 e. The molecule has 1 amide bonds. The lowest BCUT2D eigenvalue weighted by molar-refractivity contribution is -0.120. The highest BCUT2D eigenvalue weighted by molar-refractivity contribution is 9.10. The van der Waals surface area contributed by atoms with E-state index < -0.39 is 10.0 Å². The third-order valence-corrected chi connectivity index (χ3v) is 7.98. The van der Waals surface area contributed by atoms with Crippen molar-refractivity contribution in [3.63, 3.8) is 0 Å². The first-order valence-electron chi connectivity index (χ1n) is 11.1. The molecule has 9 heteroatoms. The Morgan fingerprint density at radius 2 is 1.70 bits per heavy atom. The first-order valence-corrected chi connectivity index (χ1v) is 13.5. The maximum atomic E-state index is 12.8. The van der Waals surface area contributed by atoms with Crippen LogP contribution in [0.5, 0.6) is 0 Å². The summed E-state index contributed by atoms with van der Waals surface area (Å²) in [7, 11) is -3.44. The summed E-state index contributed by atoms with van der Waals surface area (Å²) in [5, 5.41) is 2.87. The van der Waals surface area contributed by atoms with Gasteiger partial charge in [-0.05, 0) is 61.2 Å². The topological polar surface area (TPSA) is 92.8 Å². The number of benzene rings is 2. The van der Waals surface area contributed by atoms with Gasteiger partial charge in [0.2, 0.25) is 15.9 Å². The average Bonchev–Trinajstić information content (AvgIpc) is 2.81. The number of piperidine rings is 1. The molecule has 1 fully saturated rings. The van der Waals surface area contributed by atoms with Gasteiger partial charge in [0.1, 0.15) is 0 Å². The van der Waals surface area contributed by atoms with Crippen molar-refractivity contribution in [3.05, 3.63) is 64.1 Å². The van der Waals surface area contributed by atoms with E-state index in [2.05, 4.69) is 21.2 Å². The van der Waals surface area contributed by atoms with E-state index in [0.29, 0.717) is 43.8 Å². The number of rotatable bonds is 9. The number of anilines is 1. The minimum absolute atomic E-state index is 0.0512. The molecule has 1 aliphatic rings. The smallest absolute Gasteiger partial charge is 0.338 e. The zero-order valence-corrected chi connectivity index (χ0v) is 21.0. The highest BCUT2D eigenvalue weighted by Crippen LogP contribution is 2.24. The van der Waals surface area contributed by atoms with E-state index >= 15 is 0 Å². The molecule has 0 unspecified atom stereocenters. The van der Waals surface area contributed by atoms with Gasteiger partial charge in [-0.3, -0.25) is 4.79 Å². The van der Waals surface area contributed by atoms with Crippen LogP contribution in [0.2, 0.25) is 0 Å². The third kappa shape index (κ3) is 7.38. The number of unbranched alkanes of at least 4 members (excludes halogenated alkanes) is 1. The molecule has 0 atom stereocenters. The minimum atomic E-state index is -3.44. The predicted molar refractivity (Wildman–Crippen MR) is 131 cm³/mol. The molecule has 0 bridgehead atoms. The van der Waals surface area contributed by atoms with E-state index in [9.17, 15) is 18.0 Å². The Bertz CT molecular complexity index is 1050. The van der Waals surface area contributed by atoms with E-state index in [1.807, 2.05) is 19.1 Å². The fraction of sp³-hybridized carbons (Fsp3) is 0.417. The summed E-state index contributed by atoms with van der Waals surface area (Å²) in [6.07, 6.45) is 2.71. The first-order chi connectivity index (χ1) is 15.8. The molecule has 0 spiro atoms. The summed E-state index contributed by atoms with van der Waals surface area (Å²) in [4.78, 5) is 24.6. The zero-order chi connectivity index (χ0) is 23.8. The molecule has 3 rings (SSSR count). The third-order valence-electron chi connectivity index (χ3n) is 5.60. The standard InChI is InChI=1S/C24H29BrN2O5S/c1-2-3-16-32-24(29)20-6-10-22(11-7-20)26-23(28)19-12-14-27(15-13-19)33(30,31)17-18-4-8-21(25)9-5-18/h4-11,19H,2-3,12-17H2,1H3,(H,26,28). The number of carbonyl (C=O) groups excluding carboxylic acids is 2. The molecule has 0 radical (unpaired) electrons. The van der Waals surface area contributed by atoms with Gasteiger partial charge in [-0.25, -0.2) is 17.5 Å². The Hall–Kier alpha value is -2.23. The van der Waals surface area contributed by atoms with Crippen molar-refractivity contribution >= 4 is 43.5 Å². The van der Waals surface area contributed by atoms with Crippen molar-refractivity contribution in [1.29, 1.82) is 0 Å². The average molecular weight is 537 g/mol. The van der Waals surface area contributed by atoms with Crippen LogP contribution >= 0.6 is 15.9 Å². The number of amides is 1. The van der Waals surface area contributed by atoms with Crippen molar-refractivity contribution in [3.8, 4) is 0 Å². The fourth-order valence-electron chi connectivity index (χ4n) is 3.61. The number of sulfonamides is 1. The molecule has 178 valence electrons. The SMILES string of the molecule is CCCCOC(=O)c1ccc(NC(=O)C2CCN(S(=O)(=O)Cc3ccc(Br)cc3)CC2)cc1. The fourth-order valence-corrected chi connectivity index (χ4v) is 5.43. The van der Waals surface area contributed by atoms with Crippen molar-refractivity contribution in [2.75, 3.05) is 25.0 Å². The molecule has 2 aromatic carbocycles. The van der Waals surface area contributed by atoms with Crippen LogP contribution in [0, 0.1) is 5.92 Å². The number of ether oxygens (including phenoxy) is 1. The van der Waals surface area contributed by atoms with Crippen molar-refractivity contribution in [2.45, 2.75) is 38.4 Å². The second-order valence-corrected chi connectivity index (χ2v) is 11.0. The first kappa shape index (κ1) is 25.4. The van der Waals surface area contributed by atoms with Gasteiger partial charge in [0.25, 0.3) is 0 Å². The molecular formula is C24H29BrN2O5S. The van der Waals surface area contributed by atoms with Gasteiger partial charge in [-0.15, -0.1) is 0 Å². The van der Waals surface area contributed by atoms with Gasteiger partial charge in [-0.1, -0.05) is 41.4 Å². The molecule has 7 nitrogen and oxygen atoms in total. The van der Waals surface area contributed by atoms with Crippen LogP contribution in [0.25, 0.3) is 0 Å². The Morgan fingerprint density at radius 3 is 2.30 bits per heavy atom. The van der Waals surface area contributed by atoms with E-state index in [1.165, 1.54) is 4.31 Å². The number of carbonyl (C=O) groups is 2. The highest BCUT2D eigenvalue weighted by atomic mass is 79.9. The summed E-state index contributed by atoms with van der Waals surface area (Å²) >= 11 is 3.35. The second kappa shape index (κ2) is 11.8. The number of nitrogens with one attached hydrogen (secondary N) is 1. The van der Waals surface area contributed by atoms with Gasteiger partial charge in [0, 0.05) is 29.2 Å². The van der Waals surface area contributed by atoms with Crippen LogP contribution in [0.15, 0.2) is 53.0 Å². The summed E-state index contributed by atoms with van der Waals surface area (Å²) in [6.45, 7) is 3.06. The molecule has 1 aliphatic heterocycles. The Kier molecular flexibility index (Phi) is 9.05. The molecular weight excluding hydrogens is 508 g/mol. The quantitative estimate of drug-likeness (QED) is 0.373. The van der Waals surface area contributed by atoms with E-state index in [4.69, 9.17) is 4.74 Å². The number of hydrogen-bond donors (Lipinski definition) is 1. The van der Waals surface area contributed by atoms with E-state index in [1.54, 1.807) is 36.4 Å². The van der Waals surface area contributed by atoms with E-state index in [0.717, 1.165) is 22.9 Å². The number of halogens is 1. The van der Waals surface area contributed by atoms with Crippen molar-refractivity contribution in [2.24, 2.45) is 5.92 Å². The largest absolute Gasteiger partial charge is 0.462 e. The Balaban J connectivity index is 1.49. The van der Waals surface area contributed by atoms with Gasteiger partial charge in [0.05, 0.1) is 17.9 Å².